The zero-order valence-electron chi connectivity index (χ0n) is 20.9. The molecule has 2 saturated carbocycles. The van der Waals surface area contributed by atoms with Crippen LogP contribution in [0.25, 0.3) is 22.4 Å². The summed E-state index contributed by atoms with van der Waals surface area (Å²) < 4.78 is 2.36. The maximum atomic E-state index is 2.63. The highest BCUT2D eigenvalue weighted by Crippen LogP contribution is 2.46. The fourth-order valence-electron chi connectivity index (χ4n) is 6.96. The average molecular weight is 437 g/mol. The summed E-state index contributed by atoms with van der Waals surface area (Å²) in [6.45, 7) is 7.02. The van der Waals surface area contributed by atoms with Gasteiger partial charge in [0.25, 0.3) is 0 Å². The maximum absolute atomic E-state index is 2.63. The van der Waals surface area contributed by atoms with Gasteiger partial charge in [0.1, 0.15) is 7.05 Å². The third-order valence-electron chi connectivity index (χ3n) is 8.89. The molecule has 3 aromatic rings. The van der Waals surface area contributed by atoms with Crippen LogP contribution in [-0.4, -0.2) is 0 Å². The van der Waals surface area contributed by atoms with Gasteiger partial charge in [-0.15, -0.1) is 0 Å². The summed E-state index contributed by atoms with van der Waals surface area (Å²) in [4.78, 5) is 0. The average Bonchev–Trinajstić information content (AvgIpc) is 3.58. The predicted octanol–water partition coefficient (Wildman–Crippen LogP) is 8.31. The second-order valence-electron chi connectivity index (χ2n) is 11.3. The molecule has 1 nitrogen and oxygen atoms in total. The predicted molar refractivity (Wildman–Crippen MR) is 140 cm³/mol. The molecule has 0 spiro atoms. The highest BCUT2D eigenvalue weighted by molar-refractivity contribution is 6.11. The molecule has 2 aromatic carbocycles. The van der Waals surface area contributed by atoms with Gasteiger partial charge in [-0.05, 0) is 95.2 Å². The molecule has 1 heterocycles. The Labute approximate surface area is 199 Å². The van der Waals surface area contributed by atoms with Crippen molar-refractivity contribution >= 4 is 22.4 Å². The molecule has 3 aliphatic rings. The normalized spacial score (nSPS) is 18.8. The molecular formula is C32H38N+. The van der Waals surface area contributed by atoms with Crippen LogP contribution in [0.5, 0.6) is 0 Å². The van der Waals surface area contributed by atoms with Gasteiger partial charge in [-0.1, -0.05) is 63.8 Å². The fraction of sp³-hybridized carbons (Fsp3) is 0.469. The topological polar surface area (TPSA) is 3.88 Å². The van der Waals surface area contributed by atoms with Crippen LogP contribution in [0.3, 0.4) is 0 Å². The van der Waals surface area contributed by atoms with Crippen molar-refractivity contribution in [1.29, 1.82) is 0 Å². The smallest absolute Gasteiger partial charge is 0.200 e. The van der Waals surface area contributed by atoms with Crippen LogP contribution in [0, 0.1) is 6.92 Å². The first-order chi connectivity index (χ1) is 16.0. The summed E-state index contributed by atoms with van der Waals surface area (Å²) in [5, 5.41) is 2.82. The van der Waals surface area contributed by atoms with Gasteiger partial charge >= 0.3 is 0 Å². The molecular weight excluding hydrogens is 398 g/mol. The zero-order chi connectivity index (χ0) is 22.7. The summed E-state index contributed by atoms with van der Waals surface area (Å²) in [5.74, 6) is 2.06. The van der Waals surface area contributed by atoms with Crippen molar-refractivity contribution in [3.05, 3.63) is 75.6 Å². The molecule has 33 heavy (non-hydrogen) atoms. The number of rotatable bonds is 4. The first-order valence-electron chi connectivity index (χ1n) is 13.3. The number of aromatic nitrogens is 1. The Balaban J connectivity index is 1.57. The Hall–Kier alpha value is -2.41. The lowest BCUT2D eigenvalue weighted by molar-refractivity contribution is -0.672. The summed E-state index contributed by atoms with van der Waals surface area (Å²) >= 11 is 0. The lowest BCUT2D eigenvalue weighted by Gasteiger charge is -2.21. The number of hydrogen-bond acceptors (Lipinski definition) is 0. The fourth-order valence-corrected chi connectivity index (χ4v) is 6.96. The van der Waals surface area contributed by atoms with Crippen molar-refractivity contribution < 1.29 is 4.57 Å². The summed E-state index contributed by atoms with van der Waals surface area (Å²) in [5.41, 5.74) is 12.0. The number of benzene rings is 2. The third-order valence-corrected chi connectivity index (χ3v) is 8.89. The first kappa shape index (κ1) is 21.1. The van der Waals surface area contributed by atoms with Gasteiger partial charge in [-0.2, -0.15) is 0 Å². The van der Waals surface area contributed by atoms with E-state index in [0.29, 0.717) is 5.92 Å². The van der Waals surface area contributed by atoms with E-state index in [2.05, 4.69) is 75.0 Å². The van der Waals surface area contributed by atoms with Crippen LogP contribution in [0.1, 0.15) is 122 Å². The third kappa shape index (κ3) is 3.47. The van der Waals surface area contributed by atoms with Crippen LogP contribution in [-0.2, 0) is 7.05 Å². The van der Waals surface area contributed by atoms with Crippen LogP contribution < -0.4 is 4.57 Å². The van der Waals surface area contributed by atoms with Crippen molar-refractivity contribution in [2.75, 3.05) is 0 Å². The van der Waals surface area contributed by atoms with E-state index in [1.54, 1.807) is 11.1 Å². The Morgan fingerprint density at radius 2 is 1.58 bits per heavy atom. The van der Waals surface area contributed by atoms with Gasteiger partial charge in [0.2, 0.25) is 5.69 Å². The lowest BCUT2D eigenvalue weighted by atomic mass is 9.83. The number of aryl methyl sites for hydroxylation is 1. The van der Waals surface area contributed by atoms with E-state index in [9.17, 15) is 0 Å². The van der Waals surface area contributed by atoms with E-state index < -0.39 is 0 Å². The molecule has 0 unspecified atom stereocenters. The standard InChI is InChI=1S/C32H38N/c1-20(2)25-15-24-13-14-33(4)32-30(19-27(16-25)31(24)32)29-18-26(22-9-5-6-10-22)17-28(21(29)3)23-11-7-8-12-23/h13-20,22-23H,5-12H2,1-4H3/q+1. The maximum Gasteiger partial charge on any atom is 0.221 e. The molecule has 3 aliphatic carbocycles. The second-order valence-corrected chi connectivity index (χ2v) is 11.3. The van der Waals surface area contributed by atoms with Crippen LogP contribution in [0.15, 0.2) is 36.5 Å². The minimum Gasteiger partial charge on any atom is -0.200 e. The largest absolute Gasteiger partial charge is 0.221 e. The second kappa shape index (κ2) is 8.12. The molecule has 0 saturated heterocycles. The minimum atomic E-state index is 0.543. The molecule has 0 aliphatic heterocycles. The Bertz CT molecular complexity index is 1260. The molecule has 6 rings (SSSR count). The van der Waals surface area contributed by atoms with Crippen LogP contribution >= 0.6 is 0 Å². The molecule has 1 aromatic heterocycles. The van der Waals surface area contributed by atoms with Crippen molar-refractivity contribution in [3.8, 4) is 0 Å². The van der Waals surface area contributed by atoms with Gasteiger partial charge in [0, 0.05) is 6.07 Å². The summed E-state index contributed by atoms with van der Waals surface area (Å²) in [6.07, 6.45) is 15.8. The van der Waals surface area contributed by atoms with Crippen LogP contribution in [0.2, 0.25) is 0 Å². The molecule has 2 fully saturated rings. The highest BCUT2D eigenvalue weighted by atomic mass is 14.9. The van der Waals surface area contributed by atoms with Crippen molar-refractivity contribution in [1.82, 2.24) is 0 Å². The van der Waals surface area contributed by atoms with Crippen molar-refractivity contribution in [2.24, 2.45) is 7.05 Å². The van der Waals surface area contributed by atoms with E-state index in [1.807, 2.05) is 0 Å². The van der Waals surface area contributed by atoms with E-state index >= 15 is 0 Å². The minimum absolute atomic E-state index is 0.543. The van der Waals surface area contributed by atoms with E-state index in [1.165, 1.54) is 95.7 Å². The monoisotopic (exact) mass is 436 g/mol. The zero-order valence-corrected chi connectivity index (χ0v) is 20.9. The van der Waals surface area contributed by atoms with Crippen molar-refractivity contribution in [2.45, 2.75) is 89.9 Å². The van der Waals surface area contributed by atoms with Crippen molar-refractivity contribution in [3.63, 3.8) is 0 Å². The highest BCUT2D eigenvalue weighted by Gasteiger charge is 2.31. The Morgan fingerprint density at radius 1 is 0.879 bits per heavy atom. The molecule has 0 N–H and O–H groups in total. The van der Waals surface area contributed by atoms with Gasteiger partial charge < -0.3 is 0 Å². The Kier molecular flexibility index (Phi) is 5.20. The van der Waals surface area contributed by atoms with Gasteiger partial charge in [-0.25, -0.2) is 4.57 Å². The summed E-state index contributed by atoms with van der Waals surface area (Å²) in [6, 6.07) is 12.4. The van der Waals surface area contributed by atoms with Crippen LogP contribution in [0.4, 0.5) is 0 Å². The molecule has 1 heteroatoms. The number of pyridine rings is 1. The number of hydrogen-bond donors (Lipinski definition) is 0. The van der Waals surface area contributed by atoms with Gasteiger partial charge in [-0.3, -0.25) is 0 Å². The summed E-state index contributed by atoms with van der Waals surface area (Å²) in [7, 11) is 2.22. The van der Waals surface area contributed by atoms with E-state index in [0.717, 1.165) is 11.8 Å². The SMILES string of the molecule is Cc1c(C2=Cc3cc(C(C)C)cc4cc[n+](C)c2c34)cc(C2CCCC2)cc1C1CCCC1. The molecule has 0 radical (unpaired) electrons. The number of nitrogens with zero attached hydrogens (tertiary/aromatic N) is 1. The lowest BCUT2D eigenvalue weighted by Crippen LogP contribution is -2.32. The quantitative estimate of drug-likeness (QED) is 0.283. The molecule has 0 bridgehead atoms. The van der Waals surface area contributed by atoms with E-state index in [-0.39, 0.29) is 0 Å². The Morgan fingerprint density at radius 3 is 2.27 bits per heavy atom. The molecule has 170 valence electrons. The van der Waals surface area contributed by atoms with E-state index in [4.69, 9.17) is 0 Å². The van der Waals surface area contributed by atoms with Gasteiger partial charge in [0.15, 0.2) is 6.20 Å². The first-order valence-corrected chi connectivity index (χ1v) is 13.3. The molecule has 0 amide bonds. The molecule has 0 atom stereocenters. The van der Waals surface area contributed by atoms with Gasteiger partial charge in [0.05, 0.1) is 11.0 Å².